The van der Waals surface area contributed by atoms with Gasteiger partial charge in [-0.2, -0.15) is 0 Å². The van der Waals surface area contributed by atoms with Crippen molar-refractivity contribution in [2.24, 2.45) is 0 Å². The Balaban J connectivity index is 1.70. The molecule has 0 unspecified atom stereocenters. The summed E-state index contributed by atoms with van der Waals surface area (Å²) in [6.45, 7) is 0.163. The molecule has 0 aliphatic heterocycles. The Kier molecular flexibility index (Phi) is 5.45. The van der Waals surface area contributed by atoms with E-state index in [2.05, 4.69) is 15.7 Å². The number of amides is 2. The molecule has 0 bridgehead atoms. The molecule has 5 N–H and O–H groups in total. The summed E-state index contributed by atoms with van der Waals surface area (Å²) >= 11 is 0. The highest BCUT2D eigenvalue weighted by Gasteiger charge is 2.13. The summed E-state index contributed by atoms with van der Waals surface area (Å²) in [7, 11) is 1.59. The molecule has 1 aromatic heterocycles. The lowest BCUT2D eigenvalue weighted by molar-refractivity contribution is 0.102. The standard InChI is InChI=1S/C19H19N5O4/c1-28-15-8-6-14(7-9-15)24-11-16(20)17(23-24)22-18(25)13-4-2-12(3-5-13)10-21-19(26)27/h2-9,11,21H,10,20H2,1H3,(H,26,27)(H,22,23,25). The predicted octanol–water partition coefficient (Wildman–Crippen LogP) is 2.48. The number of nitrogen functional groups attached to an aromatic ring is 1. The maximum Gasteiger partial charge on any atom is 0.404 e. The zero-order valence-electron chi connectivity index (χ0n) is 15.0. The summed E-state index contributed by atoms with van der Waals surface area (Å²) < 4.78 is 6.69. The number of aromatic nitrogens is 2. The van der Waals surface area contributed by atoms with Crippen molar-refractivity contribution >= 4 is 23.5 Å². The van der Waals surface area contributed by atoms with Crippen molar-refractivity contribution in [2.75, 3.05) is 18.2 Å². The van der Waals surface area contributed by atoms with Crippen molar-refractivity contribution in [1.29, 1.82) is 0 Å². The monoisotopic (exact) mass is 381 g/mol. The Morgan fingerprint density at radius 3 is 2.43 bits per heavy atom. The van der Waals surface area contributed by atoms with E-state index >= 15 is 0 Å². The van der Waals surface area contributed by atoms with E-state index in [1.54, 1.807) is 54.4 Å². The summed E-state index contributed by atoms with van der Waals surface area (Å²) in [5.74, 6) is 0.598. The summed E-state index contributed by atoms with van der Waals surface area (Å²) in [5, 5.41) is 17.9. The number of nitrogens with zero attached hydrogens (tertiary/aromatic N) is 2. The minimum absolute atomic E-state index is 0.163. The molecule has 144 valence electrons. The second-order valence-corrected chi connectivity index (χ2v) is 5.89. The van der Waals surface area contributed by atoms with Crippen molar-refractivity contribution in [1.82, 2.24) is 15.1 Å². The molecule has 0 saturated heterocycles. The molecule has 9 nitrogen and oxygen atoms in total. The molecule has 0 spiro atoms. The first-order chi connectivity index (χ1) is 13.5. The number of carbonyl (C=O) groups excluding carboxylic acids is 1. The number of ether oxygens (including phenoxy) is 1. The number of hydrogen-bond donors (Lipinski definition) is 4. The van der Waals surface area contributed by atoms with Gasteiger partial charge in [0.2, 0.25) is 0 Å². The number of carboxylic acid groups (broad SMARTS) is 1. The van der Waals surface area contributed by atoms with Gasteiger partial charge in [0.1, 0.15) is 5.75 Å². The van der Waals surface area contributed by atoms with E-state index in [0.29, 0.717) is 11.3 Å². The predicted molar refractivity (Wildman–Crippen MR) is 104 cm³/mol. The quantitative estimate of drug-likeness (QED) is 0.519. The van der Waals surface area contributed by atoms with Gasteiger partial charge < -0.3 is 26.2 Å². The van der Waals surface area contributed by atoms with E-state index in [1.807, 2.05) is 12.1 Å². The summed E-state index contributed by atoms with van der Waals surface area (Å²) in [4.78, 5) is 22.9. The van der Waals surface area contributed by atoms with Crippen LogP contribution in [0.4, 0.5) is 16.3 Å². The van der Waals surface area contributed by atoms with Crippen LogP contribution in [0.15, 0.2) is 54.7 Å². The third kappa shape index (κ3) is 4.39. The van der Waals surface area contributed by atoms with E-state index in [0.717, 1.165) is 17.0 Å². The van der Waals surface area contributed by atoms with Gasteiger partial charge in [-0.25, -0.2) is 9.48 Å². The van der Waals surface area contributed by atoms with Crippen molar-refractivity contribution in [2.45, 2.75) is 6.54 Å². The van der Waals surface area contributed by atoms with Crippen LogP contribution in [0.3, 0.4) is 0 Å². The molecule has 0 atom stereocenters. The van der Waals surface area contributed by atoms with Crippen molar-refractivity contribution in [3.05, 3.63) is 65.9 Å². The van der Waals surface area contributed by atoms with Gasteiger partial charge in [0, 0.05) is 12.1 Å². The van der Waals surface area contributed by atoms with Gasteiger partial charge in [-0.3, -0.25) is 4.79 Å². The summed E-state index contributed by atoms with van der Waals surface area (Å²) in [6, 6.07) is 13.8. The van der Waals surface area contributed by atoms with Crippen LogP contribution in [-0.2, 0) is 6.54 Å². The largest absolute Gasteiger partial charge is 0.497 e. The third-order valence-electron chi connectivity index (χ3n) is 3.97. The van der Waals surface area contributed by atoms with Crippen LogP contribution in [0, 0.1) is 0 Å². The average molecular weight is 381 g/mol. The van der Waals surface area contributed by atoms with Crippen molar-refractivity contribution in [3.63, 3.8) is 0 Å². The van der Waals surface area contributed by atoms with Gasteiger partial charge >= 0.3 is 6.09 Å². The number of hydrogen-bond acceptors (Lipinski definition) is 5. The van der Waals surface area contributed by atoms with Gasteiger partial charge in [0.15, 0.2) is 5.82 Å². The van der Waals surface area contributed by atoms with E-state index < -0.39 is 6.09 Å². The van der Waals surface area contributed by atoms with Crippen LogP contribution >= 0.6 is 0 Å². The van der Waals surface area contributed by atoms with Crippen molar-refractivity contribution < 1.29 is 19.4 Å². The highest BCUT2D eigenvalue weighted by Crippen LogP contribution is 2.21. The smallest absolute Gasteiger partial charge is 0.404 e. The van der Waals surface area contributed by atoms with Gasteiger partial charge in [-0.1, -0.05) is 12.1 Å². The number of anilines is 2. The molecule has 2 amide bonds. The Labute approximate surface area is 160 Å². The second kappa shape index (κ2) is 8.12. The van der Waals surface area contributed by atoms with Gasteiger partial charge in [-0.05, 0) is 42.0 Å². The summed E-state index contributed by atoms with van der Waals surface area (Å²) in [5.41, 5.74) is 8.20. The lowest BCUT2D eigenvalue weighted by atomic mass is 10.1. The lowest BCUT2D eigenvalue weighted by Crippen LogP contribution is -2.20. The van der Waals surface area contributed by atoms with E-state index in [4.69, 9.17) is 15.6 Å². The fourth-order valence-corrected chi connectivity index (χ4v) is 2.48. The normalized spacial score (nSPS) is 10.3. The SMILES string of the molecule is COc1ccc(-n2cc(N)c(NC(=O)c3ccc(CNC(=O)O)cc3)n2)cc1. The molecular formula is C19H19N5O4. The number of nitrogens with one attached hydrogen (secondary N) is 2. The number of methoxy groups -OCH3 is 1. The van der Waals surface area contributed by atoms with Crippen LogP contribution in [0.2, 0.25) is 0 Å². The van der Waals surface area contributed by atoms with Crippen LogP contribution in [0.5, 0.6) is 5.75 Å². The number of rotatable bonds is 6. The first-order valence-corrected chi connectivity index (χ1v) is 8.33. The minimum atomic E-state index is -1.11. The molecular weight excluding hydrogens is 362 g/mol. The first-order valence-electron chi connectivity index (χ1n) is 8.33. The molecule has 1 heterocycles. The van der Waals surface area contributed by atoms with E-state index in [1.165, 1.54) is 0 Å². The average Bonchev–Trinajstić information content (AvgIpc) is 3.07. The Morgan fingerprint density at radius 1 is 1.14 bits per heavy atom. The van der Waals surface area contributed by atoms with Gasteiger partial charge in [-0.15, -0.1) is 5.10 Å². The number of nitrogens with two attached hydrogens (primary N) is 1. The third-order valence-corrected chi connectivity index (χ3v) is 3.97. The van der Waals surface area contributed by atoms with Crippen LogP contribution < -0.4 is 21.1 Å². The Hall–Kier alpha value is -4.01. The summed E-state index contributed by atoms with van der Waals surface area (Å²) in [6.07, 6.45) is 0.502. The topological polar surface area (TPSA) is 132 Å². The number of carbonyl (C=O) groups is 2. The maximum absolute atomic E-state index is 12.4. The molecule has 2 aromatic carbocycles. The molecule has 3 aromatic rings. The Morgan fingerprint density at radius 2 is 1.82 bits per heavy atom. The van der Waals surface area contributed by atoms with Crippen LogP contribution in [0.1, 0.15) is 15.9 Å². The molecule has 3 rings (SSSR count). The molecule has 0 aliphatic carbocycles. The molecule has 0 saturated carbocycles. The molecule has 28 heavy (non-hydrogen) atoms. The molecule has 9 heteroatoms. The zero-order valence-corrected chi connectivity index (χ0v) is 15.0. The van der Waals surface area contributed by atoms with Crippen LogP contribution in [0.25, 0.3) is 5.69 Å². The lowest BCUT2D eigenvalue weighted by Gasteiger charge is -2.05. The number of benzene rings is 2. The van der Waals surface area contributed by atoms with Crippen molar-refractivity contribution in [3.8, 4) is 11.4 Å². The first kappa shape index (κ1) is 18.8. The fourth-order valence-electron chi connectivity index (χ4n) is 2.48. The molecule has 0 aliphatic rings. The molecule has 0 radical (unpaired) electrons. The highest BCUT2D eigenvalue weighted by atomic mass is 16.5. The highest BCUT2D eigenvalue weighted by molar-refractivity contribution is 6.05. The fraction of sp³-hybridized carbons (Fsp3) is 0.105. The Bertz CT molecular complexity index is 981. The minimum Gasteiger partial charge on any atom is -0.497 e. The van der Waals surface area contributed by atoms with Crippen LogP contribution in [-0.4, -0.2) is 34.0 Å². The van der Waals surface area contributed by atoms with E-state index in [9.17, 15) is 9.59 Å². The van der Waals surface area contributed by atoms with E-state index in [-0.39, 0.29) is 18.3 Å². The maximum atomic E-state index is 12.4. The second-order valence-electron chi connectivity index (χ2n) is 5.89. The zero-order chi connectivity index (χ0) is 20.1. The van der Waals surface area contributed by atoms with Gasteiger partial charge in [0.05, 0.1) is 24.7 Å². The molecule has 0 fully saturated rings. The van der Waals surface area contributed by atoms with Gasteiger partial charge in [0.25, 0.3) is 5.91 Å².